The van der Waals surface area contributed by atoms with Gasteiger partial charge in [0.05, 0.1) is 16.8 Å². The van der Waals surface area contributed by atoms with E-state index in [0.717, 1.165) is 0 Å². The molecule has 0 fully saturated rings. The highest BCUT2D eigenvalue weighted by Crippen LogP contribution is 2.40. The summed E-state index contributed by atoms with van der Waals surface area (Å²) in [6.45, 7) is 3.11. The molecule has 13 heteroatoms. The van der Waals surface area contributed by atoms with Crippen LogP contribution in [0, 0.1) is 0 Å². The molecule has 1 N–H and O–H groups in total. The van der Waals surface area contributed by atoms with Gasteiger partial charge in [-0.1, -0.05) is 6.58 Å². The molecule has 0 unspecified atom stereocenters. The van der Waals surface area contributed by atoms with Crippen molar-refractivity contribution in [2.45, 2.75) is 18.5 Å². The molecule has 0 aliphatic heterocycles. The van der Waals surface area contributed by atoms with E-state index in [1.54, 1.807) is 5.32 Å². The van der Waals surface area contributed by atoms with Gasteiger partial charge in [-0.3, -0.25) is 9.36 Å². The zero-order valence-electron chi connectivity index (χ0n) is 13.3. The number of hydrogen-bond acceptors (Lipinski definition) is 3. The molecule has 152 valence electrons. The molecule has 28 heavy (non-hydrogen) atoms. The monoisotopic (exact) mass is 417 g/mol. The quantitative estimate of drug-likeness (QED) is 0.704. The molecule has 2 rings (SSSR count). The van der Waals surface area contributed by atoms with E-state index in [-0.39, 0.29) is 24.3 Å². The number of benzene rings is 1. The smallest absolute Gasteiger partial charge is 0.325 e. The van der Waals surface area contributed by atoms with E-state index in [0.29, 0.717) is 10.8 Å². The van der Waals surface area contributed by atoms with Crippen LogP contribution in [0.25, 0.3) is 6.20 Å². The topological polar surface area (TPSA) is 46.9 Å². The predicted octanol–water partition coefficient (Wildman–Crippen LogP) is 5.14. The second-order valence-electron chi connectivity index (χ2n) is 5.23. The van der Waals surface area contributed by atoms with Crippen LogP contribution in [0.4, 0.5) is 51.1 Å². The van der Waals surface area contributed by atoms with E-state index in [2.05, 4.69) is 11.6 Å². The average molecular weight is 417 g/mol. The Morgan fingerprint density at radius 3 is 2.00 bits per heavy atom. The summed E-state index contributed by atoms with van der Waals surface area (Å²) in [6, 6.07) is 0.371. The van der Waals surface area contributed by atoms with Crippen molar-refractivity contribution in [3.8, 4) is 0 Å². The fourth-order valence-corrected chi connectivity index (χ4v) is 2.09. The van der Waals surface area contributed by atoms with E-state index < -0.39 is 52.5 Å². The van der Waals surface area contributed by atoms with Crippen molar-refractivity contribution in [2.24, 2.45) is 0 Å². The van der Waals surface area contributed by atoms with Crippen molar-refractivity contribution in [1.29, 1.82) is 0 Å². The SMILES string of the molecule is C=Cn1c(Nc2cc(C(F)(F)F)ccc2C(F)(F)F)nc(C(F)(F)F)cc1=O. The molecule has 0 amide bonds. The first-order valence-electron chi connectivity index (χ1n) is 7.03. The lowest BCUT2D eigenvalue weighted by Crippen LogP contribution is -2.24. The van der Waals surface area contributed by atoms with Gasteiger partial charge in [-0.15, -0.1) is 0 Å². The molecular weight excluding hydrogens is 409 g/mol. The van der Waals surface area contributed by atoms with Gasteiger partial charge in [0.2, 0.25) is 5.95 Å². The molecule has 0 saturated carbocycles. The van der Waals surface area contributed by atoms with Gasteiger partial charge in [0.25, 0.3) is 5.56 Å². The molecule has 0 bridgehead atoms. The highest BCUT2D eigenvalue weighted by Gasteiger charge is 2.38. The van der Waals surface area contributed by atoms with Crippen LogP contribution in [0.5, 0.6) is 0 Å². The fourth-order valence-electron chi connectivity index (χ4n) is 2.09. The molecule has 1 aromatic carbocycles. The van der Waals surface area contributed by atoms with Crippen LogP contribution in [-0.4, -0.2) is 9.55 Å². The number of anilines is 2. The predicted molar refractivity (Wildman–Crippen MR) is 79.6 cm³/mol. The molecule has 4 nitrogen and oxygen atoms in total. The third-order valence-electron chi connectivity index (χ3n) is 3.32. The van der Waals surface area contributed by atoms with Gasteiger partial charge in [0, 0.05) is 12.3 Å². The van der Waals surface area contributed by atoms with Gasteiger partial charge in [-0.05, 0) is 18.2 Å². The zero-order valence-corrected chi connectivity index (χ0v) is 13.3. The van der Waals surface area contributed by atoms with E-state index >= 15 is 0 Å². The van der Waals surface area contributed by atoms with Crippen LogP contribution in [0.1, 0.15) is 16.8 Å². The molecule has 0 aliphatic carbocycles. The van der Waals surface area contributed by atoms with Crippen molar-refractivity contribution in [3.63, 3.8) is 0 Å². The Hall–Kier alpha value is -2.99. The minimum Gasteiger partial charge on any atom is -0.325 e. The Labute approximate surface area is 149 Å². The first-order chi connectivity index (χ1) is 12.6. The van der Waals surface area contributed by atoms with Crippen LogP contribution in [0.15, 0.2) is 35.6 Å². The lowest BCUT2D eigenvalue weighted by atomic mass is 10.1. The van der Waals surface area contributed by atoms with Crippen molar-refractivity contribution in [1.82, 2.24) is 9.55 Å². The minimum absolute atomic E-state index is 0.0443. The number of nitrogens with one attached hydrogen (secondary N) is 1. The Morgan fingerprint density at radius 1 is 0.929 bits per heavy atom. The van der Waals surface area contributed by atoms with Crippen molar-refractivity contribution >= 4 is 17.8 Å². The summed E-state index contributed by atoms with van der Waals surface area (Å²) < 4.78 is 117. The molecule has 1 aromatic heterocycles. The van der Waals surface area contributed by atoms with Crippen LogP contribution >= 0.6 is 0 Å². The largest absolute Gasteiger partial charge is 0.433 e. The molecule has 1 heterocycles. The molecule has 0 radical (unpaired) electrons. The van der Waals surface area contributed by atoms with E-state index in [4.69, 9.17) is 0 Å². The van der Waals surface area contributed by atoms with Crippen molar-refractivity contribution < 1.29 is 39.5 Å². The zero-order chi connectivity index (χ0) is 21.5. The Morgan fingerprint density at radius 2 is 1.54 bits per heavy atom. The van der Waals surface area contributed by atoms with Gasteiger partial charge in [0.15, 0.2) is 5.69 Å². The molecule has 0 saturated heterocycles. The second kappa shape index (κ2) is 6.87. The summed E-state index contributed by atoms with van der Waals surface area (Å²) >= 11 is 0. The first-order valence-corrected chi connectivity index (χ1v) is 7.03. The average Bonchev–Trinajstić information content (AvgIpc) is 2.51. The molecular formula is C15H8F9N3O. The second-order valence-corrected chi connectivity index (χ2v) is 5.23. The summed E-state index contributed by atoms with van der Waals surface area (Å²) in [4.78, 5) is 14.7. The Balaban J connectivity index is 2.72. The highest BCUT2D eigenvalue weighted by molar-refractivity contribution is 5.62. The number of alkyl halides is 9. The number of aromatic nitrogens is 2. The van der Waals surface area contributed by atoms with Crippen LogP contribution in [-0.2, 0) is 18.5 Å². The summed E-state index contributed by atoms with van der Waals surface area (Å²) in [5.41, 5.74) is -7.46. The van der Waals surface area contributed by atoms with Gasteiger partial charge in [-0.25, -0.2) is 4.98 Å². The molecule has 0 aliphatic rings. The number of rotatable bonds is 3. The summed E-state index contributed by atoms with van der Waals surface area (Å²) in [6.07, 6.45) is -14.7. The maximum atomic E-state index is 13.1. The number of nitrogens with zero attached hydrogens (tertiary/aromatic N) is 2. The molecule has 0 spiro atoms. The van der Waals surface area contributed by atoms with Crippen molar-refractivity contribution in [2.75, 3.05) is 5.32 Å². The summed E-state index contributed by atoms with van der Waals surface area (Å²) in [5, 5.41) is 1.73. The molecule has 0 atom stereocenters. The summed E-state index contributed by atoms with van der Waals surface area (Å²) in [5.74, 6) is -1.10. The van der Waals surface area contributed by atoms with Crippen LogP contribution in [0.3, 0.4) is 0 Å². The van der Waals surface area contributed by atoms with E-state index in [1.165, 1.54) is 0 Å². The van der Waals surface area contributed by atoms with Crippen LogP contribution in [0.2, 0.25) is 0 Å². The Bertz CT molecular complexity index is 955. The first kappa shape index (κ1) is 21.3. The van der Waals surface area contributed by atoms with E-state index in [1.807, 2.05) is 0 Å². The fraction of sp³-hybridized carbons (Fsp3) is 0.200. The maximum Gasteiger partial charge on any atom is 0.433 e. The van der Waals surface area contributed by atoms with Gasteiger partial charge in [0.1, 0.15) is 0 Å². The molecule has 2 aromatic rings. The minimum atomic E-state index is -5.15. The van der Waals surface area contributed by atoms with Gasteiger partial charge < -0.3 is 5.32 Å². The third kappa shape index (κ3) is 4.46. The standard InChI is InChI=1S/C15H8F9N3O/c1-2-27-11(28)6-10(15(22,23)24)26-12(27)25-9-5-7(13(16,17)18)3-4-8(9)14(19,20)21/h2-6H,1H2,(H,25,26). The van der Waals surface area contributed by atoms with E-state index in [9.17, 15) is 44.3 Å². The third-order valence-corrected chi connectivity index (χ3v) is 3.32. The normalized spacial score (nSPS) is 12.8. The highest BCUT2D eigenvalue weighted by atomic mass is 19.4. The van der Waals surface area contributed by atoms with Crippen LogP contribution < -0.4 is 10.9 Å². The number of hydrogen-bond donors (Lipinski definition) is 1. The lowest BCUT2D eigenvalue weighted by molar-refractivity contribution is -0.141. The van der Waals surface area contributed by atoms with Crippen molar-refractivity contribution in [3.05, 3.63) is 58.0 Å². The summed E-state index contributed by atoms with van der Waals surface area (Å²) in [7, 11) is 0. The van der Waals surface area contributed by atoms with Gasteiger partial charge in [-0.2, -0.15) is 39.5 Å². The lowest BCUT2D eigenvalue weighted by Gasteiger charge is -2.18. The Kier molecular flexibility index (Phi) is 5.23. The van der Waals surface area contributed by atoms with Gasteiger partial charge >= 0.3 is 18.5 Å². The maximum absolute atomic E-state index is 13.1. The number of halogens is 9.